The largest absolute Gasteiger partial charge is 0.338 e. The summed E-state index contributed by atoms with van der Waals surface area (Å²) in [6.07, 6.45) is 1.72. The van der Waals surface area contributed by atoms with Gasteiger partial charge in [0.15, 0.2) is 11.6 Å². The first-order valence-corrected chi connectivity index (χ1v) is 9.07. The third-order valence-corrected chi connectivity index (χ3v) is 4.45. The number of aromatic nitrogens is 4. The highest BCUT2D eigenvalue weighted by atomic mass is 35.5. The lowest BCUT2D eigenvalue weighted by atomic mass is 10.2. The number of halogens is 3. The second kappa shape index (κ2) is 8.53. The molecule has 4 aromatic rings. The van der Waals surface area contributed by atoms with Crippen molar-refractivity contribution in [2.75, 3.05) is 5.32 Å². The molecule has 0 aliphatic rings. The number of benzene rings is 2. The molecule has 2 aromatic carbocycles. The minimum Gasteiger partial charge on any atom is -0.338 e. The van der Waals surface area contributed by atoms with E-state index in [4.69, 9.17) is 4.98 Å². The third-order valence-electron chi connectivity index (χ3n) is 4.45. The van der Waals surface area contributed by atoms with Gasteiger partial charge in [-0.15, -0.1) is 12.4 Å². The maximum absolute atomic E-state index is 13.3. The second-order valence-electron chi connectivity index (χ2n) is 6.55. The second-order valence-corrected chi connectivity index (χ2v) is 6.55. The van der Waals surface area contributed by atoms with Crippen LogP contribution in [0.15, 0.2) is 48.5 Å². The smallest absolute Gasteiger partial charge is 0.162 e. The molecule has 0 unspecified atom stereocenters. The molecule has 8 heteroatoms. The molecule has 0 aliphatic carbocycles. The predicted octanol–water partition coefficient (Wildman–Crippen LogP) is 5.43. The fourth-order valence-electron chi connectivity index (χ4n) is 3.13. The summed E-state index contributed by atoms with van der Waals surface area (Å²) in [6.45, 7) is 2.08. The number of anilines is 2. The molecule has 0 fully saturated rings. The Morgan fingerprint density at radius 3 is 2.17 bits per heavy atom. The molecule has 2 aromatic heterocycles. The fraction of sp³-hybridized carbons (Fsp3) is 0.190. The van der Waals surface area contributed by atoms with E-state index in [2.05, 4.69) is 22.3 Å². The van der Waals surface area contributed by atoms with Crippen LogP contribution < -0.4 is 5.32 Å². The Morgan fingerprint density at radius 2 is 1.55 bits per heavy atom. The Bertz CT molecular complexity index is 1120. The Balaban J connectivity index is 0.00000240. The number of nitrogens with zero attached hydrogens (tertiary/aromatic N) is 4. The highest BCUT2D eigenvalue weighted by molar-refractivity contribution is 5.91. The summed E-state index contributed by atoms with van der Waals surface area (Å²) in [5.41, 5.74) is 3.80. The lowest BCUT2D eigenvalue weighted by molar-refractivity contribution is 0.627. The van der Waals surface area contributed by atoms with Gasteiger partial charge in [0.05, 0.1) is 5.69 Å². The van der Waals surface area contributed by atoms with Crippen molar-refractivity contribution >= 4 is 34.9 Å². The van der Waals surface area contributed by atoms with Crippen molar-refractivity contribution in [2.24, 2.45) is 7.05 Å². The Morgan fingerprint density at radius 1 is 0.931 bits per heavy atom. The van der Waals surface area contributed by atoms with Crippen LogP contribution in [0.5, 0.6) is 0 Å². The van der Waals surface area contributed by atoms with Gasteiger partial charge in [0.1, 0.15) is 22.7 Å². The Hall–Kier alpha value is -3.06. The lowest BCUT2D eigenvalue weighted by Gasteiger charge is -2.10. The van der Waals surface area contributed by atoms with Crippen LogP contribution in [0.25, 0.3) is 22.4 Å². The number of nitrogens with one attached hydrogen (secondary N) is 1. The Labute approximate surface area is 173 Å². The van der Waals surface area contributed by atoms with Gasteiger partial charge in [0.2, 0.25) is 0 Å². The first-order valence-electron chi connectivity index (χ1n) is 9.07. The molecular weight excluding hydrogens is 396 g/mol. The van der Waals surface area contributed by atoms with Crippen LogP contribution in [-0.4, -0.2) is 19.7 Å². The molecule has 0 bridgehead atoms. The molecule has 0 saturated carbocycles. The van der Waals surface area contributed by atoms with Gasteiger partial charge in [-0.05, 0) is 55.0 Å². The number of rotatable bonds is 5. The zero-order valence-electron chi connectivity index (χ0n) is 16.0. The average Bonchev–Trinajstić information content (AvgIpc) is 3.00. The first-order chi connectivity index (χ1) is 13.5. The third kappa shape index (κ3) is 4.19. The minimum absolute atomic E-state index is 0. The standard InChI is InChI=1S/C21H19F2N5.ClH/c1-3-4-17-18-19(28(2)27-17)21(24-16-11-9-15(23)10-12-16)26-20(25-18)13-5-7-14(22)8-6-13;/h5-12H,3-4H2,1-2H3,(H,24,25,26);1H. The molecule has 1 N–H and O–H groups in total. The van der Waals surface area contributed by atoms with Crippen LogP contribution >= 0.6 is 12.4 Å². The Kier molecular flexibility index (Phi) is 6.08. The molecule has 0 aliphatic heterocycles. The van der Waals surface area contributed by atoms with E-state index in [1.807, 2.05) is 7.05 Å². The first kappa shape index (κ1) is 20.7. The molecule has 0 radical (unpaired) electrons. The molecular formula is C21H20ClF2N5. The van der Waals surface area contributed by atoms with Crippen molar-refractivity contribution in [3.05, 3.63) is 65.9 Å². The molecule has 0 spiro atoms. The van der Waals surface area contributed by atoms with E-state index >= 15 is 0 Å². The van der Waals surface area contributed by atoms with Gasteiger partial charge in [0, 0.05) is 18.3 Å². The van der Waals surface area contributed by atoms with Crippen LogP contribution in [0.3, 0.4) is 0 Å². The van der Waals surface area contributed by atoms with E-state index in [9.17, 15) is 8.78 Å². The predicted molar refractivity (Wildman–Crippen MR) is 113 cm³/mol. The summed E-state index contributed by atoms with van der Waals surface area (Å²) in [7, 11) is 1.85. The van der Waals surface area contributed by atoms with Crippen molar-refractivity contribution in [3.63, 3.8) is 0 Å². The number of hydrogen-bond acceptors (Lipinski definition) is 4. The SMILES string of the molecule is CCCc1nn(C)c2c(Nc3ccc(F)cc3)nc(-c3ccc(F)cc3)nc12.Cl. The lowest BCUT2D eigenvalue weighted by Crippen LogP contribution is -2.02. The fourth-order valence-corrected chi connectivity index (χ4v) is 3.13. The maximum Gasteiger partial charge on any atom is 0.162 e. The van der Waals surface area contributed by atoms with Crippen LogP contribution in [0.2, 0.25) is 0 Å². The van der Waals surface area contributed by atoms with Crippen molar-refractivity contribution in [2.45, 2.75) is 19.8 Å². The summed E-state index contributed by atoms with van der Waals surface area (Å²) in [5.74, 6) is 0.412. The van der Waals surface area contributed by atoms with Gasteiger partial charge in [-0.1, -0.05) is 13.3 Å². The number of fused-ring (bicyclic) bond motifs is 1. The van der Waals surface area contributed by atoms with Crippen LogP contribution in [0.1, 0.15) is 19.0 Å². The monoisotopic (exact) mass is 415 g/mol. The number of hydrogen-bond donors (Lipinski definition) is 1. The maximum atomic E-state index is 13.3. The van der Waals surface area contributed by atoms with Crippen LogP contribution in [0, 0.1) is 11.6 Å². The zero-order chi connectivity index (χ0) is 19.7. The van der Waals surface area contributed by atoms with E-state index in [0.29, 0.717) is 22.9 Å². The summed E-state index contributed by atoms with van der Waals surface area (Å²) < 4.78 is 28.3. The quantitative estimate of drug-likeness (QED) is 0.472. The van der Waals surface area contributed by atoms with E-state index in [0.717, 1.165) is 29.6 Å². The van der Waals surface area contributed by atoms with Gasteiger partial charge >= 0.3 is 0 Å². The van der Waals surface area contributed by atoms with Gasteiger partial charge < -0.3 is 5.32 Å². The summed E-state index contributed by atoms with van der Waals surface area (Å²) in [6, 6.07) is 12.1. The van der Waals surface area contributed by atoms with E-state index in [-0.39, 0.29) is 24.0 Å². The molecule has 150 valence electrons. The molecule has 0 atom stereocenters. The zero-order valence-corrected chi connectivity index (χ0v) is 16.8. The van der Waals surface area contributed by atoms with Gasteiger partial charge in [-0.25, -0.2) is 18.7 Å². The van der Waals surface area contributed by atoms with Gasteiger partial charge in [-0.2, -0.15) is 5.10 Å². The van der Waals surface area contributed by atoms with Crippen molar-refractivity contribution in [1.29, 1.82) is 0 Å². The molecule has 0 saturated heterocycles. The summed E-state index contributed by atoms with van der Waals surface area (Å²) in [4.78, 5) is 9.37. The molecule has 2 heterocycles. The average molecular weight is 416 g/mol. The normalized spacial score (nSPS) is 10.8. The summed E-state index contributed by atoms with van der Waals surface area (Å²) >= 11 is 0. The molecule has 0 amide bonds. The molecule has 5 nitrogen and oxygen atoms in total. The highest BCUT2D eigenvalue weighted by Crippen LogP contribution is 2.29. The van der Waals surface area contributed by atoms with E-state index in [1.165, 1.54) is 24.3 Å². The van der Waals surface area contributed by atoms with Gasteiger partial charge in [-0.3, -0.25) is 4.68 Å². The minimum atomic E-state index is -0.317. The van der Waals surface area contributed by atoms with E-state index < -0.39 is 0 Å². The van der Waals surface area contributed by atoms with Crippen molar-refractivity contribution in [1.82, 2.24) is 19.7 Å². The number of aryl methyl sites for hydroxylation is 2. The van der Waals surface area contributed by atoms with Crippen molar-refractivity contribution in [3.8, 4) is 11.4 Å². The van der Waals surface area contributed by atoms with Gasteiger partial charge in [0.25, 0.3) is 0 Å². The van der Waals surface area contributed by atoms with Crippen LogP contribution in [0.4, 0.5) is 20.3 Å². The van der Waals surface area contributed by atoms with Crippen molar-refractivity contribution < 1.29 is 8.78 Å². The molecule has 4 rings (SSSR count). The molecule has 29 heavy (non-hydrogen) atoms. The van der Waals surface area contributed by atoms with Crippen LogP contribution in [-0.2, 0) is 13.5 Å². The highest BCUT2D eigenvalue weighted by Gasteiger charge is 2.18. The summed E-state index contributed by atoms with van der Waals surface area (Å²) in [5, 5.41) is 7.84. The topological polar surface area (TPSA) is 55.6 Å². The van der Waals surface area contributed by atoms with E-state index in [1.54, 1.807) is 28.9 Å².